The number of halogens is 1. The second kappa shape index (κ2) is 11.2. The molecule has 0 fully saturated rings. The van der Waals surface area contributed by atoms with Crippen molar-refractivity contribution in [3.8, 4) is 17.2 Å². The van der Waals surface area contributed by atoms with Crippen LogP contribution >= 0.6 is 11.6 Å². The number of unbranched alkanes of at least 4 members (excludes halogenated alkanes) is 5. The summed E-state index contributed by atoms with van der Waals surface area (Å²) in [6.45, 7) is 4.75. The zero-order valence-electron chi connectivity index (χ0n) is 16.2. The average Bonchev–Trinajstić information content (AvgIpc) is 2.64. The number of hydrogen-bond acceptors (Lipinski definition) is 3. The molecule has 0 radical (unpaired) electrons. The molecule has 0 atom stereocenters. The molecular weight excluding hydrogens is 348 g/mol. The first-order valence-corrected chi connectivity index (χ1v) is 10.2. The molecule has 26 heavy (non-hydrogen) atoms. The minimum Gasteiger partial charge on any atom is -0.493 e. The Labute approximate surface area is 162 Å². The van der Waals surface area contributed by atoms with Crippen molar-refractivity contribution in [3.05, 3.63) is 30.3 Å². The van der Waals surface area contributed by atoms with Gasteiger partial charge in [-0.2, -0.15) is 0 Å². The van der Waals surface area contributed by atoms with Crippen LogP contribution in [-0.2, 0) is 0 Å². The van der Waals surface area contributed by atoms with Gasteiger partial charge in [0.15, 0.2) is 11.5 Å². The summed E-state index contributed by atoms with van der Waals surface area (Å²) in [7, 11) is 1.67. The zero-order chi connectivity index (χ0) is 18.8. The van der Waals surface area contributed by atoms with Crippen LogP contribution in [0.15, 0.2) is 30.3 Å². The third-order valence-electron chi connectivity index (χ3n) is 4.28. The number of alkyl halides is 1. The van der Waals surface area contributed by atoms with E-state index in [9.17, 15) is 0 Å². The summed E-state index contributed by atoms with van der Waals surface area (Å²) in [6.07, 6.45) is 7.17. The molecular formula is C22H31ClO3. The highest BCUT2D eigenvalue weighted by Crippen LogP contribution is 2.42. The SMILES string of the molecule is COc1cc(OCCCCCCCCCl)c2ccccc2c1OC(C)C. The van der Waals surface area contributed by atoms with Crippen molar-refractivity contribution < 1.29 is 14.2 Å². The molecule has 3 nitrogen and oxygen atoms in total. The van der Waals surface area contributed by atoms with Gasteiger partial charge >= 0.3 is 0 Å². The standard InChI is InChI=1S/C22H31ClO3/c1-17(2)26-22-19-13-9-8-12-18(19)20(16-21(22)24-3)25-15-11-7-5-4-6-10-14-23/h8-9,12-13,16-17H,4-7,10-11,14-15H2,1-3H3. The number of methoxy groups -OCH3 is 1. The lowest BCUT2D eigenvalue weighted by atomic mass is 10.1. The number of hydrogen-bond donors (Lipinski definition) is 0. The van der Waals surface area contributed by atoms with Crippen molar-refractivity contribution in [1.29, 1.82) is 0 Å². The summed E-state index contributed by atoms with van der Waals surface area (Å²) in [5, 5.41) is 2.09. The maximum Gasteiger partial charge on any atom is 0.169 e. The van der Waals surface area contributed by atoms with E-state index >= 15 is 0 Å². The fourth-order valence-electron chi connectivity index (χ4n) is 3.01. The van der Waals surface area contributed by atoms with Gasteiger partial charge in [0.25, 0.3) is 0 Å². The molecule has 0 saturated heterocycles. The molecule has 0 aromatic heterocycles. The van der Waals surface area contributed by atoms with Crippen LogP contribution in [0.2, 0.25) is 0 Å². The fourth-order valence-corrected chi connectivity index (χ4v) is 3.19. The summed E-state index contributed by atoms with van der Waals surface area (Å²) in [6, 6.07) is 10.1. The van der Waals surface area contributed by atoms with Gasteiger partial charge in [-0.3, -0.25) is 0 Å². The summed E-state index contributed by atoms with van der Waals surface area (Å²) in [5.74, 6) is 3.13. The zero-order valence-corrected chi connectivity index (χ0v) is 17.0. The van der Waals surface area contributed by atoms with Gasteiger partial charge in [0.1, 0.15) is 5.75 Å². The van der Waals surface area contributed by atoms with Crippen molar-refractivity contribution in [2.45, 2.75) is 58.5 Å². The van der Waals surface area contributed by atoms with Gasteiger partial charge in [-0.25, -0.2) is 0 Å². The second-order valence-corrected chi connectivity index (χ2v) is 7.16. The van der Waals surface area contributed by atoms with E-state index in [4.69, 9.17) is 25.8 Å². The average molecular weight is 379 g/mol. The normalized spacial score (nSPS) is 11.1. The van der Waals surface area contributed by atoms with Gasteiger partial charge in [0.2, 0.25) is 0 Å². The van der Waals surface area contributed by atoms with Crippen molar-refractivity contribution in [3.63, 3.8) is 0 Å². The molecule has 0 spiro atoms. The molecule has 0 N–H and O–H groups in total. The van der Waals surface area contributed by atoms with Gasteiger partial charge in [0.05, 0.1) is 19.8 Å². The maximum absolute atomic E-state index is 6.09. The predicted molar refractivity (Wildman–Crippen MR) is 110 cm³/mol. The molecule has 0 saturated carbocycles. The lowest BCUT2D eigenvalue weighted by Gasteiger charge is -2.18. The molecule has 2 aromatic rings. The Morgan fingerprint density at radius 2 is 1.54 bits per heavy atom. The van der Waals surface area contributed by atoms with Crippen LogP contribution < -0.4 is 14.2 Å². The third kappa shape index (κ3) is 5.98. The Balaban J connectivity index is 2.03. The largest absolute Gasteiger partial charge is 0.493 e. The van der Waals surface area contributed by atoms with Crippen LogP contribution in [0.25, 0.3) is 10.8 Å². The smallest absolute Gasteiger partial charge is 0.169 e. The Morgan fingerprint density at radius 3 is 2.19 bits per heavy atom. The summed E-state index contributed by atoms with van der Waals surface area (Å²) in [4.78, 5) is 0. The van der Waals surface area contributed by atoms with Crippen LogP contribution in [0, 0.1) is 0 Å². The van der Waals surface area contributed by atoms with Crippen LogP contribution in [0.1, 0.15) is 52.4 Å². The Kier molecular flexibility index (Phi) is 8.90. The van der Waals surface area contributed by atoms with E-state index in [1.165, 1.54) is 25.7 Å². The van der Waals surface area contributed by atoms with E-state index in [1.54, 1.807) is 7.11 Å². The van der Waals surface area contributed by atoms with E-state index < -0.39 is 0 Å². The Hall–Kier alpha value is -1.61. The first-order valence-electron chi connectivity index (χ1n) is 9.62. The summed E-state index contributed by atoms with van der Waals surface area (Å²) in [5.41, 5.74) is 0. The summed E-state index contributed by atoms with van der Waals surface area (Å²) >= 11 is 5.70. The minimum absolute atomic E-state index is 0.0814. The van der Waals surface area contributed by atoms with E-state index in [-0.39, 0.29) is 6.10 Å². The topological polar surface area (TPSA) is 27.7 Å². The van der Waals surface area contributed by atoms with Crippen LogP contribution in [-0.4, -0.2) is 25.7 Å². The minimum atomic E-state index is 0.0814. The van der Waals surface area contributed by atoms with Crippen molar-refractivity contribution in [1.82, 2.24) is 0 Å². The number of ether oxygens (including phenoxy) is 3. The third-order valence-corrected chi connectivity index (χ3v) is 4.55. The summed E-state index contributed by atoms with van der Waals surface area (Å²) < 4.78 is 17.7. The Bertz CT molecular complexity index is 670. The van der Waals surface area contributed by atoms with Crippen molar-refractivity contribution >= 4 is 22.4 Å². The predicted octanol–water partition coefficient (Wildman–Crippen LogP) is 6.59. The molecule has 0 heterocycles. The number of benzene rings is 2. The second-order valence-electron chi connectivity index (χ2n) is 6.78. The Morgan fingerprint density at radius 1 is 0.885 bits per heavy atom. The van der Waals surface area contributed by atoms with Gasteiger partial charge in [-0.1, -0.05) is 49.9 Å². The molecule has 0 unspecified atom stereocenters. The maximum atomic E-state index is 6.09. The van der Waals surface area contributed by atoms with Crippen LogP contribution in [0.5, 0.6) is 17.2 Å². The molecule has 0 aliphatic heterocycles. The van der Waals surface area contributed by atoms with Crippen molar-refractivity contribution in [2.24, 2.45) is 0 Å². The van der Waals surface area contributed by atoms with Gasteiger partial charge < -0.3 is 14.2 Å². The molecule has 0 amide bonds. The molecule has 0 aliphatic carbocycles. The van der Waals surface area contributed by atoms with Crippen molar-refractivity contribution in [2.75, 3.05) is 19.6 Å². The van der Waals surface area contributed by atoms with E-state index in [1.807, 2.05) is 32.0 Å². The van der Waals surface area contributed by atoms with Gasteiger partial charge in [-0.05, 0) is 26.7 Å². The molecule has 4 heteroatoms. The highest BCUT2D eigenvalue weighted by molar-refractivity contribution is 6.17. The first-order chi connectivity index (χ1) is 12.7. The van der Waals surface area contributed by atoms with Gasteiger partial charge in [0, 0.05) is 22.7 Å². The highest BCUT2D eigenvalue weighted by Gasteiger charge is 2.16. The molecule has 144 valence electrons. The molecule has 0 bridgehead atoms. The van der Waals surface area contributed by atoms with Gasteiger partial charge in [-0.15, -0.1) is 11.6 Å². The quantitative estimate of drug-likeness (QED) is 0.308. The van der Waals surface area contributed by atoms with E-state index in [0.717, 1.165) is 41.0 Å². The van der Waals surface area contributed by atoms with Crippen LogP contribution in [0.3, 0.4) is 0 Å². The number of fused-ring (bicyclic) bond motifs is 1. The molecule has 2 rings (SSSR count). The van der Waals surface area contributed by atoms with Crippen LogP contribution in [0.4, 0.5) is 0 Å². The fraction of sp³-hybridized carbons (Fsp3) is 0.545. The van der Waals surface area contributed by atoms with E-state index in [0.29, 0.717) is 12.4 Å². The lowest BCUT2D eigenvalue weighted by Crippen LogP contribution is -2.08. The molecule has 2 aromatic carbocycles. The lowest BCUT2D eigenvalue weighted by molar-refractivity contribution is 0.232. The molecule has 0 aliphatic rings. The monoisotopic (exact) mass is 378 g/mol. The first kappa shape index (κ1) is 20.7. The highest BCUT2D eigenvalue weighted by atomic mass is 35.5. The number of rotatable bonds is 12. The van der Waals surface area contributed by atoms with E-state index in [2.05, 4.69) is 12.1 Å².